The monoisotopic (exact) mass is 455 g/mol. The molecule has 8 heteroatoms. The van der Waals surface area contributed by atoms with E-state index < -0.39 is 5.97 Å². The molecule has 0 heterocycles. The van der Waals surface area contributed by atoms with Crippen LogP contribution >= 0.6 is 27.5 Å². The van der Waals surface area contributed by atoms with E-state index in [0.29, 0.717) is 34.0 Å². The van der Waals surface area contributed by atoms with Gasteiger partial charge in [0.15, 0.2) is 6.61 Å². The molecule has 0 spiro atoms. The second-order valence-electron chi connectivity index (χ2n) is 5.50. The highest BCUT2D eigenvalue weighted by molar-refractivity contribution is 9.10. The first-order valence-corrected chi connectivity index (χ1v) is 9.21. The highest BCUT2D eigenvalue weighted by Crippen LogP contribution is 2.35. The molecule has 1 amide bonds. The Morgan fingerprint density at radius 2 is 1.67 bits per heavy atom. The zero-order chi connectivity index (χ0) is 19.8. The van der Waals surface area contributed by atoms with Gasteiger partial charge in [0.05, 0.1) is 19.8 Å². The molecule has 0 saturated heterocycles. The van der Waals surface area contributed by atoms with Crippen molar-refractivity contribution in [3.8, 4) is 11.5 Å². The molecule has 0 aliphatic carbocycles. The highest BCUT2D eigenvalue weighted by Gasteiger charge is 2.16. The standard InChI is InChI=1S/C19H19BrClNO5/c1-25-15-9-13(10-16(26-2)18(15)20)19(24)27-11-17(23)22-8-7-12-3-5-14(21)6-4-12/h3-6,9-10H,7-8,11H2,1-2H3,(H,22,23). The minimum atomic E-state index is -0.646. The summed E-state index contributed by atoms with van der Waals surface area (Å²) in [5.41, 5.74) is 1.27. The number of hydrogen-bond donors (Lipinski definition) is 1. The fourth-order valence-corrected chi connectivity index (χ4v) is 2.93. The summed E-state index contributed by atoms with van der Waals surface area (Å²) in [5.74, 6) is -0.178. The fraction of sp³-hybridized carbons (Fsp3) is 0.263. The number of benzene rings is 2. The molecule has 0 unspecified atom stereocenters. The van der Waals surface area contributed by atoms with E-state index in [2.05, 4.69) is 21.2 Å². The van der Waals surface area contributed by atoms with Crippen LogP contribution in [0.15, 0.2) is 40.9 Å². The molecule has 0 atom stereocenters. The van der Waals surface area contributed by atoms with Crippen LogP contribution in [0, 0.1) is 0 Å². The van der Waals surface area contributed by atoms with Gasteiger partial charge in [-0.15, -0.1) is 0 Å². The molecule has 0 fully saturated rings. The number of amides is 1. The molecule has 0 saturated carbocycles. The molecule has 0 aliphatic rings. The molecule has 144 valence electrons. The fourth-order valence-electron chi connectivity index (χ4n) is 2.25. The summed E-state index contributed by atoms with van der Waals surface area (Å²) < 4.78 is 16.0. The highest BCUT2D eigenvalue weighted by atomic mass is 79.9. The van der Waals surface area contributed by atoms with Crippen molar-refractivity contribution in [3.05, 3.63) is 57.0 Å². The molecule has 6 nitrogen and oxygen atoms in total. The SMILES string of the molecule is COc1cc(C(=O)OCC(=O)NCCc2ccc(Cl)cc2)cc(OC)c1Br. The first-order valence-electron chi connectivity index (χ1n) is 8.04. The van der Waals surface area contributed by atoms with Crippen LogP contribution in [-0.2, 0) is 16.0 Å². The van der Waals surface area contributed by atoms with Crippen LogP contribution in [0.4, 0.5) is 0 Å². The van der Waals surface area contributed by atoms with E-state index in [1.54, 1.807) is 12.1 Å². The summed E-state index contributed by atoms with van der Waals surface area (Å²) in [7, 11) is 2.95. The predicted molar refractivity (Wildman–Crippen MR) is 106 cm³/mol. The predicted octanol–water partition coefficient (Wildman–Crippen LogP) is 3.64. The zero-order valence-electron chi connectivity index (χ0n) is 14.9. The van der Waals surface area contributed by atoms with E-state index in [1.807, 2.05) is 12.1 Å². The Labute approximate surface area is 170 Å². The van der Waals surface area contributed by atoms with E-state index in [0.717, 1.165) is 5.56 Å². The van der Waals surface area contributed by atoms with E-state index in [1.165, 1.54) is 26.4 Å². The largest absolute Gasteiger partial charge is 0.495 e. The van der Waals surface area contributed by atoms with Crippen molar-refractivity contribution in [2.24, 2.45) is 0 Å². The Hall–Kier alpha value is -2.25. The van der Waals surface area contributed by atoms with Gasteiger partial charge in [-0.2, -0.15) is 0 Å². The lowest BCUT2D eigenvalue weighted by Gasteiger charge is -2.11. The third kappa shape index (κ3) is 6.15. The summed E-state index contributed by atoms with van der Waals surface area (Å²) in [6, 6.07) is 10.4. The molecular formula is C19H19BrClNO5. The summed E-state index contributed by atoms with van der Waals surface area (Å²) in [6.45, 7) is 0.0537. The van der Waals surface area contributed by atoms with Gasteiger partial charge in [0, 0.05) is 11.6 Å². The van der Waals surface area contributed by atoms with Crippen LogP contribution in [0.1, 0.15) is 15.9 Å². The topological polar surface area (TPSA) is 73.9 Å². The van der Waals surface area contributed by atoms with Gasteiger partial charge in [0.1, 0.15) is 16.0 Å². The van der Waals surface area contributed by atoms with Crippen molar-refractivity contribution in [1.29, 1.82) is 0 Å². The lowest BCUT2D eigenvalue weighted by atomic mass is 10.1. The average Bonchev–Trinajstić information content (AvgIpc) is 2.67. The first kappa shape index (κ1) is 21.1. The van der Waals surface area contributed by atoms with Gasteiger partial charge >= 0.3 is 5.97 Å². The molecule has 0 aliphatic heterocycles. The smallest absolute Gasteiger partial charge is 0.338 e. The second-order valence-corrected chi connectivity index (χ2v) is 6.73. The van der Waals surface area contributed by atoms with Crippen LogP contribution in [-0.4, -0.2) is 39.2 Å². The minimum absolute atomic E-state index is 0.223. The van der Waals surface area contributed by atoms with Gasteiger partial charge < -0.3 is 19.5 Å². The van der Waals surface area contributed by atoms with Gasteiger partial charge in [0.25, 0.3) is 5.91 Å². The molecule has 0 radical (unpaired) electrons. The number of carbonyl (C=O) groups excluding carboxylic acids is 2. The number of ether oxygens (including phenoxy) is 3. The maximum atomic E-state index is 12.2. The maximum Gasteiger partial charge on any atom is 0.338 e. The quantitative estimate of drug-likeness (QED) is 0.614. The van der Waals surface area contributed by atoms with Gasteiger partial charge in [-0.3, -0.25) is 4.79 Å². The van der Waals surface area contributed by atoms with Crippen molar-refractivity contribution >= 4 is 39.4 Å². The van der Waals surface area contributed by atoms with Crippen molar-refractivity contribution in [1.82, 2.24) is 5.32 Å². The Balaban J connectivity index is 1.84. The lowest BCUT2D eigenvalue weighted by molar-refractivity contribution is -0.124. The Bertz CT molecular complexity index is 785. The second kappa shape index (κ2) is 10.2. The number of rotatable bonds is 8. The van der Waals surface area contributed by atoms with Crippen LogP contribution in [0.25, 0.3) is 0 Å². The van der Waals surface area contributed by atoms with E-state index in [-0.39, 0.29) is 18.1 Å². The van der Waals surface area contributed by atoms with Crippen LogP contribution in [0.3, 0.4) is 0 Å². The van der Waals surface area contributed by atoms with Crippen molar-refractivity contribution in [2.45, 2.75) is 6.42 Å². The molecule has 2 aromatic carbocycles. The van der Waals surface area contributed by atoms with E-state index >= 15 is 0 Å². The molecule has 0 bridgehead atoms. The van der Waals surface area contributed by atoms with E-state index in [9.17, 15) is 9.59 Å². The maximum absolute atomic E-state index is 12.2. The van der Waals surface area contributed by atoms with Gasteiger partial charge in [-0.1, -0.05) is 23.7 Å². The van der Waals surface area contributed by atoms with Crippen LogP contribution in [0.5, 0.6) is 11.5 Å². The third-order valence-corrected chi connectivity index (χ3v) is 4.70. The normalized spacial score (nSPS) is 10.2. The summed E-state index contributed by atoms with van der Waals surface area (Å²) in [5, 5.41) is 3.36. The zero-order valence-corrected chi connectivity index (χ0v) is 17.2. The summed E-state index contributed by atoms with van der Waals surface area (Å²) in [6.07, 6.45) is 0.651. The molecule has 2 aromatic rings. The number of nitrogens with one attached hydrogen (secondary N) is 1. The van der Waals surface area contributed by atoms with Gasteiger partial charge in [-0.05, 0) is 52.2 Å². The number of esters is 1. The van der Waals surface area contributed by atoms with Crippen LogP contribution in [0.2, 0.25) is 5.02 Å². The first-order chi connectivity index (χ1) is 12.9. The Morgan fingerprint density at radius 3 is 2.22 bits per heavy atom. The Kier molecular flexibility index (Phi) is 7.94. The lowest BCUT2D eigenvalue weighted by Crippen LogP contribution is -2.30. The van der Waals surface area contributed by atoms with Crippen LogP contribution < -0.4 is 14.8 Å². The molecule has 0 aromatic heterocycles. The number of hydrogen-bond acceptors (Lipinski definition) is 5. The summed E-state index contributed by atoms with van der Waals surface area (Å²) in [4.78, 5) is 24.0. The molecule has 27 heavy (non-hydrogen) atoms. The van der Waals surface area contributed by atoms with Gasteiger partial charge in [-0.25, -0.2) is 4.79 Å². The van der Waals surface area contributed by atoms with Gasteiger partial charge in [0.2, 0.25) is 0 Å². The minimum Gasteiger partial charge on any atom is -0.495 e. The average molecular weight is 457 g/mol. The number of halogens is 2. The van der Waals surface area contributed by atoms with Crippen molar-refractivity contribution < 1.29 is 23.8 Å². The molecule has 1 N–H and O–H groups in total. The number of carbonyl (C=O) groups is 2. The van der Waals surface area contributed by atoms with Crippen molar-refractivity contribution in [2.75, 3.05) is 27.4 Å². The molecular weight excluding hydrogens is 438 g/mol. The van der Waals surface area contributed by atoms with Crippen molar-refractivity contribution in [3.63, 3.8) is 0 Å². The third-order valence-electron chi connectivity index (χ3n) is 3.66. The summed E-state index contributed by atoms with van der Waals surface area (Å²) >= 11 is 9.15. The molecule has 2 rings (SSSR count). The Morgan fingerprint density at radius 1 is 1.07 bits per heavy atom. The van der Waals surface area contributed by atoms with E-state index in [4.69, 9.17) is 25.8 Å². The number of methoxy groups -OCH3 is 2.